The minimum atomic E-state index is 0.276. The largest absolute Gasteiger partial charge is 0.369 e. The van der Waals surface area contributed by atoms with Crippen LogP contribution in [0.25, 0.3) is 0 Å². The molecule has 1 unspecified atom stereocenters. The lowest BCUT2D eigenvalue weighted by atomic mass is 9.84. The predicted octanol–water partition coefficient (Wildman–Crippen LogP) is 2.50. The third-order valence-corrected chi connectivity index (χ3v) is 5.24. The van der Waals surface area contributed by atoms with Gasteiger partial charge in [0, 0.05) is 50.4 Å². The first-order valence-corrected chi connectivity index (χ1v) is 9.05. The van der Waals surface area contributed by atoms with Gasteiger partial charge in [0.2, 0.25) is 5.91 Å². The van der Waals surface area contributed by atoms with Crippen molar-refractivity contribution >= 4 is 11.6 Å². The quantitative estimate of drug-likeness (QED) is 0.876. The highest BCUT2D eigenvalue weighted by molar-refractivity contribution is 5.79. The Labute approximate surface area is 139 Å². The van der Waals surface area contributed by atoms with Gasteiger partial charge in [-0.15, -0.1) is 0 Å². The van der Waals surface area contributed by atoms with Gasteiger partial charge in [-0.05, 0) is 38.3 Å². The van der Waals surface area contributed by atoms with E-state index < -0.39 is 0 Å². The fraction of sp³-hybridized carbons (Fsp3) is 0.632. The molecule has 2 aliphatic rings. The minimum Gasteiger partial charge on any atom is -0.369 e. The molecule has 1 saturated carbocycles. The number of rotatable bonds is 6. The van der Waals surface area contributed by atoms with Gasteiger partial charge in [-0.25, -0.2) is 0 Å². The molecule has 1 aromatic rings. The lowest BCUT2D eigenvalue weighted by molar-refractivity contribution is -0.128. The molecule has 1 N–H and O–H groups in total. The third kappa shape index (κ3) is 4.47. The molecular formula is C19H29N3O. The molecule has 1 aliphatic carbocycles. The highest BCUT2D eigenvalue weighted by atomic mass is 16.2. The van der Waals surface area contributed by atoms with Crippen LogP contribution in [0.2, 0.25) is 0 Å². The molecule has 0 aromatic heterocycles. The van der Waals surface area contributed by atoms with Crippen LogP contribution in [0.5, 0.6) is 0 Å². The zero-order chi connectivity index (χ0) is 16.1. The van der Waals surface area contributed by atoms with E-state index >= 15 is 0 Å². The molecule has 3 rings (SSSR count). The maximum absolute atomic E-state index is 12.0. The van der Waals surface area contributed by atoms with Crippen molar-refractivity contribution in [2.24, 2.45) is 5.92 Å². The van der Waals surface area contributed by atoms with E-state index in [2.05, 4.69) is 52.4 Å². The lowest BCUT2D eigenvalue weighted by Crippen LogP contribution is -2.48. The van der Waals surface area contributed by atoms with E-state index in [0.29, 0.717) is 5.92 Å². The number of nitrogens with zero attached hydrogens (tertiary/aromatic N) is 2. The molecule has 0 spiro atoms. The molecule has 1 heterocycles. The first kappa shape index (κ1) is 16.3. The molecule has 126 valence electrons. The normalized spacial score (nSPS) is 20.8. The number of anilines is 1. The van der Waals surface area contributed by atoms with Gasteiger partial charge in [0.05, 0.1) is 0 Å². The topological polar surface area (TPSA) is 35.6 Å². The van der Waals surface area contributed by atoms with E-state index in [1.165, 1.54) is 12.1 Å². The van der Waals surface area contributed by atoms with Crippen LogP contribution in [0.1, 0.15) is 32.6 Å². The molecule has 2 fully saturated rings. The van der Waals surface area contributed by atoms with Crippen molar-refractivity contribution in [3.63, 3.8) is 0 Å². The number of amides is 1. The molecule has 1 aromatic carbocycles. The first-order valence-electron chi connectivity index (χ1n) is 9.05. The Morgan fingerprint density at radius 3 is 2.48 bits per heavy atom. The molecule has 1 saturated heterocycles. The van der Waals surface area contributed by atoms with E-state index in [1.54, 1.807) is 0 Å². The molecule has 4 heteroatoms. The van der Waals surface area contributed by atoms with Crippen molar-refractivity contribution in [2.75, 3.05) is 37.6 Å². The minimum absolute atomic E-state index is 0.276. The zero-order valence-corrected chi connectivity index (χ0v) is 14.2. The molecule has 0 radical (unpaired) electrons. The molecule has 1 atom stereocenters. The van der Waals surface area contributed by atoms with Crippen LogP contribution in [-0.4, -0.2) is 49.6 Å². The highest BCUT2D eigenvalue weighted by Gasteiger charge is 2.26. The van der Waals surface area contributed by atoms with Gasteiger partial charge >= 0.3 is 0 Å². The second kappa shape index (κ2) is 7.82. The van der Waals surface area contributed by atoms with Crippen LogP contribution in [-0.2, 0) is 4.79 Å². The lowest BCUT2D eigenvalue weighted by Gasteiger charge is -2.36. The van der Waals surface area contributed by atoms with Crippen LogP contribution >= 0.6 is 0 Å². The number of hydrogen-bond donors (Lipinski definition) is 1. The van der Waals surface area contributed by atoms with Gasteiger partial charge in [0.15, 0.2) is 0 Å². The Morgan fingerprint density at radius 2 is 1.87 bits per heavy atom. The van der Waals surface area contributed by atoms with Gasteiger partial charge in [-0.1, -0.05) is 24.6 Å². The Morgan fingerprint density at radius 1 is 1.17 bits per heavy atom. The number of nitrogens with one attached hydrogen (secondary N) is 1. The summed E-state index contributed by atoms with van der Waals surface area (Å²) in [6, 6.07) is 10.9. The van der Waals surface area contributed by atoms with Crippen molar-refractivity contribution < 1.29 is 4.79 Å². The predicted molar refractivity (Wildman–Crippen MR) is 94.7 cm³/mol. The van der Waals surface area contributed by atoms with E-state index in [0.717, 1.165) is 52.0 Å². The summed E-state index contributed by atoms with van der Waals surface area (Å²) in [5, 5.41) is 3.18. The van der Waals surface area contributed by atoms with E-state index in [-0.39, 0.29) is 11.9 Å². The number of carbonyl (C=O) groups excluding carboxylic acids is 1. The van der Waals surface area contributed by atoms with E-state index in [1.807, 2.05) is 0 Å². The summed E-state index contributed by atoms with van der Waals surface area (Å²) in [4.78, 5) is 16.9. The van der Waals surface area contributed by atoms with Gasteiger partial charge in [0.25, 0.3) is 0 Å². The fourth-order valence-electron chi connectivity index (χ4n) is 3.35. The fourth-order valence-corrected chi connectivity index (χ4v) is 3.35. The van der Waals surface area contributed by atoms with Gasteiger partial charge in [-0.3, -0.25) is 9.69 Å². The number of benzene rings is 1. The summed E-state index contributed by atoms with van der Waals surface area (Å²) in [6.45, 7) is 7.61. The number of carbonyl (C=O) groups is 1. The maximum atomic E-state index is 12.0. The molecule has 0 bridgehead atoms. The number of hydrogen-bond acceptors (Lipinski definition) is 3. The maximum Gasteiger partial charge on any atom is 0.223 e. The number of piperazine rings is 1. The van der Waals surface area contributed by atoms with Crippen molar-refractivity contribution in [1.82, 2.24) is 10.2 Å². The second-order valence-corrected chi connectivity index (χ2v) is 6.99. The smallest absolute Gasteiger partial charge is 0.223 e. The van der Waals surface area contributed by atoms with Crippen LogP contribution in [0.4, 0.5) is 5.69 Å². The van der Waals surface area contributed by atoms with Crippen LogP contribution in [0.3, 0.4) is 0 Å². The average Bonchev–Trinajstić information content (AvgIpc) is 2.52. The monoisotopic (exact) mass is 315 g/mol. The van der Waals surface area contributed by atoms with Crippen LogP contribution in [0, 0.1) is 5.92 Å². The average molecular weight is 315 g/mol. The van der Waals surface area contributed by atoms with Crippen molar-refractivity contribution in [3.8, 4) is 0 Å². The van der Waals surface area contributed by atoms with E-state index in [9.17, 15) is 4.79 Å². The molecule has 4 nitrogen and oxygen atoms in total. The van der Waals surface area contributed by atoms with Crippen molar-refractivity contribution in [2.45, 2.75) is 38.6 Å². The van der Waals surface area contributed by atoms with Crippen molar-refractivity contribution in [1.29, 1.82) is 0 Å². The Bertz CT molecular complexity index is 493. The molecular weight excluding hydrogens is 286 g/mol. The van der Waals surface area contributed by atoms with Crippen LogP contribution < -0.4 is 10.2 Å². The Kier molecular flexibility index (Phi) is 5.55. The van der Waals surface area contributed by atoms with Gasteiger partial charge in [-0.2, -0.15) is 0 Å². The summed E-state index contributed by atoms with van der Waals surface area (Å²) < 4.78 is 0. The SMILES string of the molecule is CC(CCN1CCN(c2ccccc2)CC1)NC(=O)C1CCC1. The van der Waals surface area contributed by atoms with Gasteiger partial charge < -0.3 is 10.2 Å². The molecule has 1 aliphatic heterocycles. The third-order valence-electron chi connectivity index (χ3n) is 5.24. The molecule has 1 amide bonds. The standard InChI is InChI=1S/C19H29N3O/c1-16(20-19(23)17-6-5-7-17)10-11-21-12-14-22(15-13-21)18-8-3-2-4-9-18/h2-4,8-9,16-17H,5-7,10-15H2,1H3,(H,20,23). The second-order valence-electron chi connectivity index (χ2n) is 6.99. The summed E-state index contributed by atoms with van der Waals surface area (Å²) in [6.07, 6.45) is 4.43. The summed E-state index contributed by atoms with van der Waals surface area (Å²) in [5.74, 6) is 0.574. The van der Waals surface area contributed by atoms with Gasteiger partial charge in [0.1, 0.15) is 0 Å². The van der Waals surface area contributed by atoms with Crippen LogP contribution in [0.15, 0.2) is 30.3 Å². The molecule has 23 heavy (non-hydrogen) atoms. The summed E-state index contributed by atoms with van der Waals surface area (Å²) in [5.41, 5.74) is 1.33. The highest BCUT2D eigenvalue weighted by Crippen LogP contribution is 2.26. The Hall–Kier alpha value is -1.55. The van der Waals surface area contributed by atoms with Crippen molar-refractivity contribution in [3.05, 3.63) is 30.3 Å². The first-order chi connectivity index (χ1) is 11.2. The summed E-state index contributed by atoms with van der Waals surface area (Å²) >= 11 is 0. The summed E-state index contributed by atoms with van der Waals surface area (Å²) in [7, 11) is 0. The zero-order valence-electron chi connectivity index (χ0n) is 14.2. The Balaban J connectivity index is 1.35. The number of para-hydroxylation sites is 1. The van der Waals surface area contributed by atoms with E-state index in [4.69, 9.17) is 0 Å².